The smallest absolute Gasteiger partial charge is 0.410 e. The Labute approximate surface area is 162 Å². The van der Waals surface area contributed by atoms with Gasteiger partial charge in [0, 0.05) is 44.0 Å². The zero-order chi connectivity index (χ0) is 20.0. The van der Waals surface area contributed by atoms with Crippen LogP contribution in [0, 0.1) is 5.92 Å². The number of aliphatic imine (C=N–C) groups is 1. The molecule has 6 heteroatoms. The zero-order valence-electron chi connectivity index (χ0n) is 17.3. The molecule has 6 nitrogen and oxygen atoms in total. The monoisotopic (exact) mass is 375 g/mol. The highest BCUT2D eigenvalue weighted by Crippen LogP contribution is 2.21. The SMILES string of the molecule is CCN(C(=O)CC1=CN=CC(C)C=C1)C1CCN(C(=O)OC(C)(C)C)CC1. The molecule has 0 saturated carbocycles. The topological polar surface area (TPSA) is 62.2 Å². The van der Waals surface area contributed by atoms with Gasteiger partial charge in [-0.05, 0) is 46.1 Å². The van der Waals surface area contributed by atoms with Crippen LogP contribution in [0.1, 0.15) is 53.9 Å². The largest absolute Gasteiger partial charge is 0.444 e. The van der Waals surface area contributed by atoms with Gasteiger partial charge in [-0.3, -0.25) is 9.79 Å². The molecule has 0 aliphatic carbocycles. The fraction of sp³-hybridized carbons (Fsp3) is 0.667. The predicted molar refractivity (Wildman–Crippen MR) is 108 cm³/mol. The van der Waals surface area contributed by atoms with E-state index in [-0.39, 0.29) is 24.0 Å². The van der Waals surface area contributed by atoms with Crippen LogP contribution in [0.3, 0.4) is 0 Å². The maximum atomic E-state index is 12.8. The molecular weight excluding hydrogens is 342 g/mol. The molecule has 1 saturated heterocycles. The lowest BCUT2D eigenvalue weighted by Gasteiger charge is -2.38. The van der Waals surface area contributed by atoms with Crippen LogP contribution < -0.4 is 0 Å². The second-order valence-corrected chi connectivity index (χ2v) is 8.28. The fourth-order valence-corrected chi connectivity index (χ4v) is 3.35. The lowest BCUT2D eigenvalue weighted by molar-refractivity contribution is -0.133. The van der Waals surface area contributed by atoms with Crippen molar-refractivity contribution in [3.8, 4) is 0 Å². The summed E-state index contributed by atoms with van der Waals surface area (Å²) in [4.78, 5) is 33.0. The van der Waals surface area contributed by atoms with Crippen molar-refractivity contribution in [3.05, 3.63) is 23.9 Å². The number of likely N-dealkylation sites (tertiary alicyclic amines) is 1. The Hall–Kier alpha value is -2.11. The lowest BCUT2D eigenvalue weighted by Crippen LogP contribution is -2.49. The van der Waals surface area contributed by atoms with Gasteiger partial charge in [-0.15, -0.1) is 0 Å². The lowest BCUT2D eigenvalue weighted by atomic mass is 10.0. The first-order chi connectivity index (χ1) is 12.7. The average molecular weight is 376 g/mol. The first kappa shape index (κ1) is 21.2. The molecule has 2 aliphatic heterocycles. The molecule has 0 spiro atoms. The molecule has 27 heavy (non-hydrogen) atoms. The highest BCUT2D eigenvalue weighted by Gasteiger charge is 2.30. The summed E-state index contributed by atoms with van der Waals surface area (Å²) >= 11 is 0. The van der Waals surface area contributed by atoms with Crippen molar-refractivity contribution >= 4 is 18.2 Å². The minimum atomic E-state index is -0.487. The van der Waals surface area contributed by atoms with E-state index in [1.807, 2.05) is 44.9 Å². The van der Waals surface area contributed by atoms with Crippen molar-refractivity contribution in [2.45, 2.75) is 65.5 Å². The molecule has 0 aromatic rings. The van der Waals surface area contributed by atoms with Gasteiger partial charge in [-0.1, -0.05) is 19.1 Å². The first-order valence-corrected chi connectivity index (χ1v) is 9.87. The van der Waals surface area contributed by atoms with Crippen molar-refractivity contribution in [1.82, 2.24) is 9.80 Å². The van der Waals surface area contributed by atoms with E-state index in [4.69, 9.17) is 4.74 Å². The zero-order valence-corrected chi connectivity index (χ0v) is 17.3. The Kier molecular flexibility index (Phi) is 7.22. The van der Waals surface area contributed by atoms with Crippen molar-refractivity contribution < 1.29 is 14.3 Å². The normalized spacial score (nSPS) is 20.9. The summed E-state index contributed by atoms with van der Waals surface area (Å²) in [5.74, 6) is 0.405. The molecule has 2 rings (SSSR count). The number of carbonyl (C=O) groups is 2. The summed E-state index contributed by atoms with van der Waals surface area (Å²) in [7, 11) is 0. The van der Waals surface area contributed by atoms with Gasteiger partial charge in [0.2, 0.25) is 5.91 Å². The minimum Gasteiger partial charge on any atom is -0.444 e. The molecule has 0 N–H and O–H groups in total. The van der Waals surface area contributed by atoms with Crippen molar-refractivity contribution in [2.75, 3.05) is 19.6 Å². The van der Waals surface area contributed by atoms with E-state index in [1.54, 1.807) is 11.1 Å². The number of amides is 2. The van der Waals surface area contributed by atoms with Crippen molar-refractivity contribution in [2.24, 2.45) is 10.9 Å². The number of hydrogen-bond acceptors (Lipinski definition) is 4. The highest BCUT2D eigenvalue weighted by atomic mass is 16.6. The number of piperidine rings is 1. The molecule has 0 radical (unpaired) electrons. The second-order valence-electron chi connectivity index (χ2n) is 8.28. The van der Waals surface area contributed by atoms with E-state index in [1.165, 1.54) is 0 Å². The van der Waals surface area contributed by atoms with Crippen LogP contribution in [-0.4, -0.2) is 59.3 Å². The summed E-state index contributed by atoms with van der Waals surface area (Å²) in [6.45, 7) is 11.6. The molecule has 0 aromatic carbocycles. The molecule has 0 aromatic heterocycles. The summed E-state index contributed by atoms with van der Waals surface area (Å²) in [6, 6.07) is 0.166. The number of ether oxygens (including phenoxy) is 1. The van der Waals surface area contributed by atoms with Gasteiger partial charge < -0.3 is 14.5 Å². The maximum absolute atomic E-state index is 12.8. The van der Waals surface area contributed by atoms with Gasteiger partial charge in [0.1, 0.15) is 5.60 Å². The molecule has 1 fully saturated rings. The second kappa shape index (κ2) is 9.20. The third-order valence-corrected chi connectivity index (χ3v) is 4.75. The Bertz CT molecular complexity index is 623. The molecule has 2 heterocycles. The van der Waals surface area contributed by atoms with Gasteiger partial charge in [0.15, 0.2) is 0 Å². The first-order valence-electron chi connectivity index (χ1n) is 9.87. The Balaban J connectivity index is 1.90. The van der Waals surface area contributed by atoms with Crippen LogP contribution in [0.5, 0.6) is 0 Å². The van der Waals surface area contributed by atoms with Gasteiger partial charge in [0.05, 0.1) is 6.42 Å². The van der Waals surface area contributed by atoms with Gasteiger partial charge in [-0.2, -0.15) is 0 Å². The van der Waals surface area contributed by atoms with E-state index < -0.39 is 5.60 Å². The van der Waals surface area contributed by atoms with Crippen LogP contribution >= 0.6 is 0 Å². The van der Waals surface area contributed by atoms with Crippen LogP contribution in [0.15, 0.2) is 28.9 Å². The third kappa shape index (κ3) is 6.52. The summed E-state index contributed by atoms with van der Waals surface area (Å²) < 4.78 is 5.45. The van der Waals surface area contributed by atoms with E-state index in [2.05, 4.69) is 18.0 Å². The number of allylic oxidation sites excluding steroid dienone is 2. The Morgan fingerprint density at radius 1 is 1.30 bits per heavy atom. The standard InChI is InChI=1S/C21H33N3O3/c1-6-24(19(25)13-17-8-7-16(2)14-22-15-17)18-9-11-23(12-10-18)20(26)27-21(3,4)5/h7-8,14-16,18H,6,9-13H2,1-5H3. The molecular formula is C21H33N3O3. The maximum Gasteiger partial charge on any atom is 0.410 e. The van der Waals surface area contributed by atoms with Gasteiger partial charge >= 0.3 is 6.09 Å². The molecule has 1 atom stereocenters. The summed E-state index contributed by atoms with van der Waals surface area (Å²) in [5.41, 5.74) is 0.449. The van der Waals surface area contributed by atoms with Crippen LogP contribution in [0.4, 0.5) is 4.79 Å². The molecule has 1 unspecified atom stereocenters. The summed E-state index contributed by atoms with van der Waals surface area (Å²) in [6.07, 6.45) is 9.36. The van der Waals surface area contributed by atoms with Crippen LogP contribution in [0.25, 0.3) is 0 Å². The minimum absolute atomic E-state index is 0.119. The van der Waals surface area contributed by atoms with Gasteiger partial charge in [0.25, 0.3) is 0 Å². The van der Waals surface area contributed by atoms with E-state index in [0.29, 0.717) is 26.1 Å². The molecule has 2 aliphatic rings. The Morgan fingerprint density at radius 2 is 1.96 bits per heavy atom. The third-order valence-electron chi connectivity index (χ3n) is 4.75. The fourth-order valence-electron chi connectivity index (χ4n) is 3.35. The Morgan fingerprint density at radius 3 is 2.56 bits per heavy atom. The number of rotatable bonds is 4. The van der Waals surface area contributed by atoms with Crippen molar-refractivity contribution in [3.63, 3.8) is 0 Å². The summed E-state index contributed by atoms with van der Waals surface area (Å²) in [5, 5.41) is 0. The van der Waals surface area contributed by atoms with E-state index >= 15 is 0 Å². The number of nitrogens with zero attached hydrogens (tertiary/aromatic N) is 3. The van der Waals surface area contributed by atoms with Gasteiger partial charge in [-0.25, -0.2) is 4.79 Å². The van der Waals surface area contributed by atoms with E-state index in [0.717, 1.165) is 18.4 Å². The van der Waals surface area contributed by atoms with Crippen LogP contribution in [0.2, 0.25) is 0 Å². The number of carbonyl (C=O) groups excluding carboxylic acids is 2. The number of hydrogen-bond donors (Lipinski definition) is 0. The molecule has 150 valence electrons. The molecule has 0 bridgehead atoms. The average Bonchev–Trinajstić information content (AvgIpc) is 2.79. The highest BCUT2D eigenvalue weighted by molar-refractivity contribution is 5.80. The molecule has 2 amide bonds. The van der Waals surface area contributed by atoms with E-state index in [9.17, 15) is 9.59 Å². The van der Waals surface area contributed by atoms with Crippen LogP contribution in [-0.2, 0) is 9.53 Å². The van der Waals surface area contributed by atoms with Crippen molar-refractivity contribution in [1.29, 1.82) is 0 Å². The predicted octanol–water partition coefficient (Wildman–Crippen LogP) is 3.79. The quantitative estimate of drug-likeness (QED) is 0.751.